The molecule has 3 rings (SSSR count). The molecule has 2 aromatic rings. The van der Waals surface area contributed by atoms with Crippen LogP contribution in [-0.2, 0) is 12.8 Å². The average molecular weight is 283 g/mol. The molecule has 2 heteroatoms. The van der Waals surface area contributed by atoms with Crippen molar-refractivity contribution in [1.82, 2.24) is 5.32 Å². The number of halogens is 1. The van der Waals surface area contributed by atoms with Gasteiger partial charge < -0.3 is 5.32 Å². The van der Waals surface area contributed by atoms with Gasteiger partial charge in [0.15, 0.2) is 0 Å². The molecule has 0 spiro atoms. The molecule has 0 aliphatic heterocycles. The van der Waals surface area contributed by atoms with Crippen LogP contribution in [0.15, 0.2) is 48.5 Å². The molecule has 110 valence electrons. The highest BCUT2D eigenvalue weighted by Gasteiger charge is 2.17. The molecule has 21 heavy (non-hydrogen) atoms. The molecular formula is C19H22FN. The first-order chi connectivity index (χ1) is 10.3. The number of rotatable bonds is 4. The highest BCUT2D eigenvalue weighted by atomic mass is 19.1. The van der Waals surface area contributed by atoms with Crippen molar-refractivity contribution in [2.45, 2.75) is 38.1 Å². The molecular weight excluding hydrogens is 261 g/mol. The summed E-state index contributed by atoms with van der Waals surface area (Å²) in [5.74, 6) is -0.146. The number of nitrogens with one attached hydrogen (secondary N) is 1. The lowest BCUT2D eigenvalue weighted by Crippen LogP contribution is -2.24. The molecule has 1 atom stereocenters. The van der Waals surface area contributed by atoms with E-state index in [9.17, 15) is 4.39 Å². The van der Waals surface area contributed by atoms with Crippen molar-refractivity contribution in [3.05, 3.63) is 71.0 Å². The Hall–Kier alpha value is -1.67. The van der Waals surface area contributed by atoms with E-state index in [1.54, 1.807) is 12.1 Å². The Morgan fingerprint density at radius 3 is 2.86 bits per heavy atom. The van der Waals surface area contributed by atoms with Crippen LogP contribution in [0.2, 0.25) is 0 Å². The van der Waals surface area contributed by atoms with Crippen molar-refractivity contribution in [3.63, 3.8) is 0 Å². The van der Waals surface area contributed by atoms with Gasteiger partial charge in [-0.05, 0) is 61.1 Å². The van der Waals surface area contributed by atoms with E-state index < -0.39 is 0 Å². The van der Waals surface area contributed by atoms with Crippen LogP contribution in [-0.4, -0.2) is 6.54 Å². The second kappa shape index (κ2) is 6.86. The maximum absolute atomic E-state index is 13.2. The summed E-state index contributed by atoms with van der Waals surface area (Å²) in [6.45, 7) is 0.891. The third-order valence-corrected chi connectivity index (χ3v) is 4.31. The minimum atomic E-state index is -0.146. The van der Waals surface area contributed by atoms with Gasteiger partial charge in [0.25, 0.3) is 0 Å². The van der Waals surface area contributed by atoms with E-state index in [0.29, 0.717) is 6.04 Å². The van der Waals surface area contributed by atoms with Crippen LogP contribution in [0, 0.1) is 5.82 Å². The molecule has 0 fully saturated rings. The SMILES string of the molecule is Fc1cccc(CCNC2CCCCc3ccccc32)c1. The Morgan fingerprint density at radius 1 is 1.05 bits per heavy atom. The van der Waals surface area contributed by atoms with E-state index in [-0.39, 0.29) is 5.82 Å². The van der Waals surface area contributed by atoms with E-state index in [0.717, 1.165) is 18.5 Å². The number of benzene rings is 2. The van der Waals surface area contributed by atoms with Gasteiger partial charge in [0, 0.05) is 6.04 Å². The molecule has 0 radical (unpaired) electrons. The van der Waals surface area contributed by atoms with Crippen LogP contribution in [0.4, 0.5) is 4.39 Å². The molecule has 1 nitrogen and oxygen atoms in total. The molecule has 0 aromatic heterocycles. The van der Waals surface area contributed by atoms with Gasteiger partial charge in [-0.15, -0.1) is 0 Å². The maximum atomic E-state index is 13.2. The summed E-state index contributed by atoms with van der Waals surface area (Å²) in [7, 11) is 0. The van der Waals surface area contributed by atoms with Gasteiger partial charge in [0.1, 0.15) is 5.82 Å². The third kappa shape index (κ3) is 3.70. The van der Waals surface area contributed by atoms with Crippen molar-refractivity contribution in [3.8, 4) is 0 Å². The Bertz CT molecular complexity index is 594. The van der Waals surface area contributed by atoms with E-state index in [4.69, 9.17) is 0 Å². The van der Waals surface area contributed by atoms with Crippen LogP contribution in [0.1, 0.15) is 42.0 Å². The standard InChI is InChI=1S/C19H22FN/c20-17-9-5-6-15(14-17)12-13-21-19-11-4-2-8-16-7-1-3-10-18(16)19/h1,3,5-7,9-10,14,19,21H,2,4,8,11-13H2. The van der Waals surface area contributed by atoms with Gasteiger partial charge in [-0.2, -0.15) is 0 Å². The number of aryl methyl sites for hydroxylation is 1. The van der Waals surface area contributed by atoms with Gasteiger partial charge in [-0.25, -0.2) is 4.39 Å². The zero-order chi connectivity index (χ0) is 14.5. The lowest BCUT2D eigenvalue weighted by molar-refractivity contribution is 0.492. The fraction of sp³-hybridized carbons (Fsp3) is 0.368. The minimum absolute atomic E-state index is 0.146. The first-order valence-corrected chi connectivity index (χ1v) is 7.88. The second-order valence-corrected chi connectivity index (χ2v) is 5.83. The maximum Gasteiger partial charge on any atom is 0.123 e. The van der Waals surface area contributed by atoms with E-state index in [2.05, 4.69) is 29.6 Å². The van der Waals surface area contributed by atoms with Gasteiger partial charge in [0.2, 0.25) is 0 Å². The molecule has 0 amide bonds. The van der Waals surface area contributed by atoms with Crippen LogP contribution in [0.5, 0.6) is 0 Å². The summed E-state index contributed by atoms with van der Waals surface area (Å²) in [6.07, 6.45) is 5.81. The first kappa shape index (κ1) is 14.3. The predicted molar refractivity (Wildman–Crippen MR) is 84.8 cm³/mol. The number of hydrogen-bond donors (Lipinski definition) is 1. The van der Waals surface area contributed by atoms with Crippen molar-refractivity contribution < 1.29 is 4.39 Å². The lowest BCUT2D eigenvalue weighted by atomic mass is 9.99. The fourth-order valence-corrected chi connectivity index (χ4v) is 3.22. The summed E-state index contributed by atoms with van der Waals surface area (Å²) in [5, 5.41) is 3.66. The molecule has 0 bridgehead atoms. The summed E-state index contributed by atoms with van der Waals surface area (Å²) in [4.78, 5) is 0. The zero-order valence-electron chi connectivity index (χ0n) is 12.3. The van der Waals surface area contributed by atoms with Crippen LogP contribution in [0.25, 0.3) is 0 Å². The molecule has 1 aliphatic carbocycles. The fourth-order valence-electron chi connectivity index (χ4n) is 3.22. The van der Waals surface area contributed by atoms with Crippen molar-refractivity contribution in [2.24, 2.45) is 0 Å². The highest BCUT2D eigenvalue weighted by Crippen LogP contribution is 2.28. The molecule has 0 saturated heterocycles. The van der Waals surface area contributed by atoms with Crippen molar-refractivity contribution >= 4 is 0 Å². The predicted octanol–water partition coefficient (Wildman–Crippen LogP) is 4.43. The smallest absolute Gasteiger partial charge is 0.123 e. The van der Waals surface area contributed by atoms with E-state index in [1.807, 2.05) is 6.07 Å². The second-order valence-electron chi connectivity index (χ2n) is 5.83. The average Bonchev–Trinajstić information content (AvgIpc) is 2.70. The third-order valence-electron chi connectivity index (χ3n) is 4.31. The summed E-state index contributed by atoms with van der Waals surface area (Å²) < 4.78 is 13.2. The van der Waals surface area contributed by atoms with Crippen molar-refractivity contribution in [2.75, 3.05) is 6.54 Å². The first-order valence-electron chi connectivity index (χ1n) is 7.88. The quantitative estimate of drug-likeness (QED) is 0.819. The molecule has 0 saturated carbocycles. The summed E-state index contributed by atoms with van der Waals surface area (Å²) in [5.41, 5.74) is 4.00. The van der Waals surface area contributed by atoms with Gasteiger partial charge >= 0.3 is 0 Å². The Morgan fingerprint density at radius 2 is 1.95 bits per heavy atom. The van der Waals surface area contributed by atoms with Gasteiger partial charge in [-0.1, -0.05) is 42.8 Å². The largest absolute Gasteiger partial charge is 0.310 e. The normalized spacial score (nSPS) is 18.0. The molecule has 1 aliphatic rings. The Balaban J connectivity index is 1.62. The lowest BCUT2D eigenvalue weighted by Gasteiger charge is -2.19. The Labute approximate surface area is 126 Å². The van der Waals surface area contributed by atoms with Crippen molar-refractivity contribution in [1.29, 1.82) is 0 Å². The Kier molecular flexibility index (Phi) is 4.66. The molecule has 1 unspecified atom stereocenters. The minimum Gasteiger partial charge on any atom is -0.310 e. The number of fused-ring (bicyclic) bond motifs is 1. The van der Waals surface area contributed by atoms with Gasteiger partial charge in [0.05, 0.1) is 0 Å². The zero-order valence-corrected chi connectivity index (χ0v) is 12.3. The van der Waals surface area contributed by atoms with Crippen LogP contribution in [0.3, 0.4) is 0 Å². The van der Waals surface area contributed by atoms with Crippen LogP contribution < -0.4 is 5.32 Å². The van der Waals surface area contributed by atoms with E-state index >= 15 is 0 Å². The topological polar surface area (TPSA) is 12.0 Å². The van der Waals surface area contributed by atoms with Gasteiger partial charge in [-0.3, -0.25) is 0 Å². The monoisotopic (exact) mass is 283 g/mol. The van der Waals surface area contributed by atoms with E-state index in [1.165, 1.54) is 42.9 Å². The molecule has 2 aromatic carbocycles. The summed E-state index contributed by atoms with van der Waals surface area (Å²) in [6, 6.07) is 16.1. The van der Waals surface area contributed by atoms with Crippen LogP contribution >= 0.6 is 0 Å². The molecule has 1 N–H and O–H groups in total. The highest BCUT2D eigenvalue weighted by molar-refractivity contribution is 5.31. The summed E-state index contributed by atoms with van der Waals surface area (Å²) >= 11 is 0. The number of hydrogen-bond acceptors (Lipinski definition) is 1. The molecule has 0 heterocycles.